The lowest BCUT2D eigenvalue weighted by molar-refractivity contribution is 0.00550. The van der Waals surface area contributed by atoms with Crippen molar-refractivity contribution in [3.63, 3.8) is 0 Å². The molecule has 2 aliphatic rings. The van der Waals surface area contributed by atoms with Gasteiger partial charge >= 0.3 is 6.03 Å². The lowest BCUT2D eigenvalue weighted by Crippen LogP contribution is -2.69. The highest BCUT2D eigenvalue weighted by atomic mass is 16.5. The summed E-state index contributed by atoms with van der Waals surface area (Å²) in [5, 5.41) is 18.4. The van der Waals surface area contributed by atoms with Gasteiger partial charge in [0.25, 0.3) is 0 Å². The Morgan fingerprint density at radius 3 is 2.83 bits per heavy atom. The van der Waals surface area contributed by atoms with Gasteiger partial charge in [0.15, 0.2) is 0 Å². The Morgan fingerprint density at radius 2 is 2.07 bits per heavy atom. The maximum atomic E-state index is 11.3. The van der Waals surface area contributed by atoms with Crippen molar-refractivity contribution in [2.24, 2.45) is 0 Å². The average Bonchev–Trinajstić information content (AvgIpc) is 3.35. The molecule has 1 spiro atoms. The molecule has 2 fully saturated rings. The number of amides is 2. The second-order valence-corrected chi connectivity index (χ2v) is 7.89. The third-order valence-electron chi connectivity index (χ3n) is 5.62. The molecule has 1 unspecified atom stereocenters. The molecule has 2 aromatic carbocycles. The zero-order valence-corrected chi connectivity index (χ0v) is 15.9. The highest BCUT2D eigenvalue weighted by Crippen LogP contribution is 2.37. The van der Waals surface area contributed by atoms with Gasteiger partial charge in [-0.05, 0) is 22.9 Å². The Balaban J connectivity index is 1.26. The van der Waals surface area contributed by atoms with Crippen molar-refractivity contribution in [3.8, 4) is 16.9 Å². The number of nitrogens with one attached hydrogen (secondary N) is 2. The second-order valence-electron chi connectivity index (χ2n) is 7.89. The maximum Gasteiger partial charge on any atom is 0.315 e. The number of ether oxygens (including phenoxy) is 1. The quantitative estimate of drug-likeness (QED) is 0.598. The minimum atomic E-state index is -0.624. The Hall–Kier alpha value is -3.03. The molecule has 1 atom stereocenters. The first kappa shape index (κ1) is 18.0. The molecular formula is C22H23N3O4. The number of carbonyl (C=O) groups is 1. The molecule has 1 aromatic heterocycles. The van der Waals surface area contributed by atoms with Crippen LogP contribution in [0.5, 0.6) is 5.75 Å². The monoisotopic (exact) mass is 393 g/mol. The standard InChI is InChI=1S/C22H23N3O4/c26-17(9-25-13-22(14-25)12-23-21(27)24-22)11-29-19-6-5-15-3-1-2-4-18(15)20(19)16-7-8-28-10-16/h1-8,10,17,26H,9,11-14H2,(H2,23,24,27). The predicted molar refractivity (Wildman–Crippen MR) is 109 cm³/mol. The van der Waals surface area contributed by atoms with Crippen molar-refractivity contribution < 1.29 is 19.1 Å². The molecule has 3 N–H and O–H groups in total. The number of hydrogen-bond donors (Lipinski definition) is 3. The smallest absolute Gasteiger partial charge is 0.315 e. The molecule has 3 aromatic rings. The van der Waals surface area contributed by atoms with Crippen LogP contribution in [0.25, 0.3) is 21.9 Å². The molecular weight excluding hydrogens is 370 g/mol. The van der Waals surface area contributed by atoms with Gasteiger partial charge in [-0.1, -0.05) is 30.3 Å². The molecule has 0 radical (unpaired) electrons. The van der Waals surface area contributed by atoms with E-state index in [0.717, 1.165) is 40.7 Å². The van der Waals surface area contributed by atoms with Crippen molar-refractivity contribution in [3.05, 3.63) is 55.0 Å². The zero-order valence-electron chi connectivity index (χ0n) is 15.9. The highest BCUT2D eigenvalue weighted by Gasteiger charge is 2.47. The van der Waals surface area contributed by atoms with Crippen LogP contribution in [0.4, 0.5) is 4.79 Å². The first-order chi connectivity index (χ1) is 14.1. The number of likely N-dealkylation sites (tertiary alicyclic amines) is 1. The van der Waals surface area contributed by atoms with Gasteiger partial charge in [-0.2, -0.15) is 0 Å². The molecule has 2 aliphatic heterocycles. The van der Waals surface area contributed by atoms with Crippen molar-refractivity contribution in [1.82, 2.24) is 15.5 Å². The van der Waals surface area contributed by atoms with E-state index >= 15 is 0 Å². The Kier molecular flexibility index (Phi) is 4.41. The van der Waals surface area contributed by atoms with E-state index < -0.39 is 6.10 Å². The minimum absolute atomic E-state index is 0.114. The van der Waals surface area contributed by atoms with Crippen molar-refractivity contribution in [2.45, 2.75) is 11.6 Å². The maximum absolute atomic E-state index is 11.3. The van der Waals surface area contributed by atoms with Crippen molar-refractivity contribution >= 4 is 16.8 Å². The van der Waals surface area contributed by atoms with E-state index in [9.17, 15) is 9.90 Å². The van der Waals surface area contributed by atoms with E-state index in [1.165, 1.54) is 0 Å². The molecule has 2 amide bonds. The van der Waals surface area contributed by atoms with Crippen LogP contribution in [0.2, 0.25) is 0 Å². The van der Waals surface area contributed by atoms with Crippen LogP contribution in [0, 0.1) is 0 Å². The van der Waals surface area contributed by atoms with Gasteiger partial charge in [0.1, 0.15) is 18.5 Å². The molecule has 7 nitrogen and oxygen atoms in total. The van der Waals surface area contributed by atoms with E-state index in [1.54, 1.807) is 12.5 Å². The van der Waals surface area contributed by atoms with Gasteiger partial charge < -0.3 is 24.9 Å². The predicted octanol–water partition coefficient (Wildman–Crippen LogP) is 2.21. The normalized spacial score (nSPS) is 19.0. The fourth-order valence-electron chi connectivity index (χ4n) is 4.32. The highest BCUT2D eigenvalue weighted by molar-refractivity contribution is 5.99. The second kappa shape index (κ2) is 7.09. The SMILES string of the molecule is O=C1NCC2(CN(CC(O)COc3ccc4ccccc4c3-c3ccoc3)C2)N1. The number of β-amino-alcohol motifs (C(OH)–C–C–N with tert-alkyl or cyclic N) is 1. The van der Waals surface area contributed by atoms with E-state index in [4.69, 9.17) is 9.15 Å². The molecule has 29 heavy (non-hydrogen) atoms. The lowest BCUT2D eigenvalue weighted by atomic mass is 9.91. The number of urea groups is 1. The summed E-state index contributed by atoms with van der Waals surface area (Å²) in [7, 11) is 0. The molecule has 2 saturated heterocycles. The number of fused-ring (bicyclic) bond motifs is 1. The van der Waals surface area contributed by atoms with Crippen LogP contribution >= 0.6 is 0 Å². The summed E-state index contributed by atoms with van der Waals surface area (Å²) >= 11 is 0. The molecule has 0 saturated carbocycles. The fourth-order valence-corrected chi connectivity index (χ4v) is 4.32. The van der Waals surface area contributed by atoms with Crippen LogP contribution in [0.15, 0.2) is 59.4 Å². The number of hydrogen-bond acceptors (Lipinski definition) is 5. The van der Waals surface area contributed by atoms with E-state index in [0.29, 0.717) is 13.1 Å². The molecule has 7 heteroatoms. The first-order valence-electron chi connectivity index (χ1n) is 9.75. The first-order valence-corrected chi connectivity index (χ1v) is 9.75. The van der Waals surface area contributed by atoms with Crippen LogP contribution in [0.3, 0.4) is 0 Å². The average molecular weight is 393 g/mol. The van der Waals surface area contributed by atoms with E-state index in [-0.39, 0.29) is 18.2 Å². The third-order valence-corrected chi connectivity index (χ3v) is 5.62. The Bertz CT molecular complexity index is 1030. The fraction of sp³-hybridized carbons (Fsp3) is 0.318. The number of rotatable bonds is 6. The zero-order chi connectivity index (χ0) is 19.8. The summed E-state index contributed by atoms with van der Waals surface area (Å²) in [5.74, 6) is 0.719. The van der Waals surface area contributed by atoms with Gasteiger partial charge in [-0.3, -0.25) is 4.90 Å². The van der Waals surface area contributed by atoms with E-state index in [2.05, 4.69) is 27.7 Å². The number of nitrogens with zero attached hydrogens (tertiary/aromatic N) is 1. The van der Waals surface area contributed by atoms with Crippen molar-refractivity contribution in [2.75, 3.05) is 32.8 Å². The Morgan fingerprint density at radius 1 is 1.21 bits per heavy atom. The summed E-state index contributed by atoms with van der Waals surface area (Å²) in [6, 6.07) is 13.9. The van der Waals surface area contributed by atoms with Crippen LogP contribution in [-0.2, 0) is 0 Å². The molecule has 150 valence electrons. The summed E-state index contributed by atoms with van der Waals surface area (Å²) in [4.78, 5) is 13.5. The lowest BCUT2D eigenvalue weighted by Gasteiger charge is -2.47. The summed E-state index contributed by atoms with van der Waals surface area (Å²) in [6.07, 6.45) is 2.72. The number of aliphatic hydroxyl groups is 1. The molecule has 3 heterocycles. The largest absolute Gasteiger partial charge is 0.490 e. The topological polar surface area (TPSA) is 87.0 Å². The summed E-state index contributed by atoms with van der Waals surface area (Å²) in [5.41, 5.74) is 1.73. The van der Waals surface area contributed by atoms with Gasteiger partial charge in [0, 0.05) is 37.3 Å². The number of aliphatic hydroxyl groups excluding tert-OH is 1. The van der Waals surface area contributed by atoms with Crippen LogP contribution in [0.1, 0.15) is 0 Å². The number of benzene rings is 2. The van der Waals surface area contributed by atoms with E-state index in [1.807, 2.05) is 30.3 Å². The van der Waals surface area contributed by atoms with Gasteiger partial charge in [-0.15, -0.1) is 0 Å². The van der Waals surface area contributed by atoms with Crippen LogP contribution < -0.4 is 15.4 Å². The molecule has 5 rings (SSSR count). The molecule has 0 aliphatic carbocycles. The van der Waals surface area contributed by atoms with Gasteiger partial charge in [0.05, 0.1) is 18.1 Å². The number of carbonyl (C=O) groups excluding carboxylic acids is 1. The summed E-state index contributed by atoms with van der Waals surface area (Å²) < 4.78 is 11.3. The summed E-state index contributed by atoms with van der Waals surface area (Å²) in [6.45, 7) is 2.81. The minimum Gasteiger partial charge on any atom is -0.490 e. The van der Waals surface area contributed by atoms with Gasteiger partial charge in [0.2, 0.25) is 0 Å². The van der Waals surface area contributed by atoms with Crippen LogP contribution in [-0.4, -0.2) is 60.5 Å². The number of furan rings is 1. The molecule has 0 bridgehead atoms. The van der Waals surface area contributed by atoms with Gasteiger partial charge in [-0.25, -0.2) is 4.79 Å². The van der Waals surface area contributed by atoms with Crippen molar-refractivity contribution in [1.29, 1.82) is 0 Å². The Labute approximate surface area is 168 Å². The third kappa shape index (κ3) is 3.43.